The molecule has 0 unspecified atom stereocenters. The summed E-state index contributed by atoms with van der Waals surface area (Å²) in [5.74, 6) is 0. The maximum absolute atomic E-state index is 10.6. The molecule has 0 bridgehead atoms. The SMILES string of the molecule is N#Cc1cccn1-c1ccc([N+](=O)[O-])cc1Cl. The lowest BCUT2D eigenvalue weighted by molar-refractivity contribution is -0.384. The van der Waals surface area contributed by atoms with Crippen LogP contribution >= 0.6 is 11.6 Å². The third-order valence-corrected chi connectivity index (χ3v) is 2.57. The van der Waals surface area contributed by atoms with Crippen molar-refractivity contribution < 1.29 is 4.92 Å². The van der Waals surface area contributed by atoms with Gasteiger partial charge >= 0.3 is 0 Å². The molecule has 0 saturated heterocycles. The molecule has 0 fully saturated rings. The Hall–Kier alpha value is -2.32. The van der Waals surface area contributed by atoms with Crippen molar-refractivity contribution in [2.24, 2.45) is 0 Å². The van der Waals surface area contributed by atoms with Gasteiger partial charge in [0.25, 0.3) is 5.69 Å². The van der Waals surface area contributed by atoms with Crippen molar-refractivity contribution in [1.82, 2.24) is 4.57 Å². The van der Waals surface area contributed by atoms with Crippen LogP contribution in [0.5, 0.6) is 0 Å². The highest BCUT2D eigenvalue weighted by molar-refractivity contribution is 6.32. The first-order valence-electron chi connectivity index (χ1n) is 4.65. The fraction of sp³-hybridized carbons (Fsp3) is 0. The highest BCUT2D eigenvalue weighted by atomic mass is 35.5. The lowest BCUT2D eigenvalue weighted by Crippen LogP contribution is -1.97. The van der Waals surface area contributed by atoms with Crippen molar-refractivity contribution in [3.63, 3.8) is 0 Å². The number of nitro groups is 1. The van der Waals surface area contributed by atoms with Gasteiger partial charge in [0, 0.05) is 18.3 Å². The molecule has 6 heteroatoms. The van der Waals surface area contributed by atoms with Gasteiger partial charge in [-0.1, -0.05) is 11.6 Å². The number of nitro benzene ring substituents is 1. The van der Waals surface area contributed by atoms with Crippen LogP contribution in [0, 0.1) is 21.4 Å². The van der Waals surface area contributed by atoms with Crippen molar-refractivity contribution in [3.05, 3.63) is 57.4 Å². The number of aromatic nitrogens is 1. The van der Waals surface area contributed by atoms with E-state index in [-0.39, 0.29) is 10.7 Å². The van der Waals surface area contributed by atoms with Crippen molar-refractivity contribution in [3.8, 4) is 11.8 Å². The molecule has 0 radical (unpaired) electrons. The number of nitriles is 1. The topological polar surface area (TPSA) is 71.9 Å². The first kappa shape index (κ1) is 11.2. The van der Waals surface area contributed by atoms with Crippen LogP contribution in [-0.4, -0.2) is 9.49 Å². The molecule has 2 aromatic rings. The van der Waals surface area contributed by atoms with Crippen LogP contribution in [0.15, 0.2) is 36.5 Å². The van der Waals surface area contributed by atoms with E-state index >= 15 is 0 Å². The molecule has 2 rings (SSSR count). The van der Waals surface area contributed by atoms with Crippen LogP contribution in [0.4, 0.5) is 5.69 Å². The zero-order valence-electron chi connectivity index (χ0n) is 8.50. The molecule has 0 aliphatic carbocycles. The molecule has 0 amide bonds. The Kier molecular flexibility index (Phi) is 2.81. The smallest absolute Gasteiger partial charge is 0.271 e. The molecular formula is C11H6ClN3O2. The summed E-state index contributed by atoms with van der Waals surface area (Å²) in [4.78, 5) is 10.0. The van der Waals surface area contributed by atoms with E-state index in [1.54, 1.807) is 22.9 Å². The molecule has 1 heterocycles. The summed E-state index contributed by atoms with van der Waals surface area (Å²) < 4.78 is 1.58. The molecule has 0 N–H and O–H groups in total. The van der Waals surface area contributed by atoms with Crippen molar-refractivity contribution in [2.75, 3.05) is 0 Å². The number of benzene rings is 1. The van der Waals surface area contributed by atoms with Gasteiger partial charge in [0.1, 0.15) is 11.8 Å². The Labute approximate surface area is 102 Å². The molecule has 0 spiro atoms. The van der Waals surface area contributed by atoms with E-state index in [0.717, 1.165) is 0 Å². The van der Waals surface area contributed by atoms with Crippen molar-refractivity contribution in [1.29, 1.82) is 5.26 Å². The molecule has 0 aliphatic rings. The van der Waals surface area contributed by atoms with Crippen LogP contribution in [0.25, 0.3) is 5.69 Å². The highest BCUT2D eigenvalue weighted by Gasteiger charge is 2.11. The Bertz CT molecular complexity index is 628. The van der Waals surface area contributed by atoms with Gasteiger partial charge in [-0.3, -0.25) is 10.1 Å². The minimum absolute atomic E-state index is 0.0792. The summed E-state index contributed by atoms with van der Waals surface area (Å²) in [6, 6.07) is 9.48. The van der Waals surface area contributed by atoms with E-state index in [4.69, 9.17) is 16.9 Å². The monoisotopic (exact) mass is 247 g/mol. The van der Waals surface area contributed by atoms with Crippen LogP contribution in [0.1, 0.15) is 5.69 Å². The van der Waals surface area contributed by atoms with E-state index in [1.807, 2.05) is 6.07 Å². The average Bonchev–Trinajstić information content (AvgIpc) is 2.76. The minimum atomic E-state index is -0.517. The van der Waals surface area contributed by atoms with Gasteiger partial charge in [-0.05, 0) is 18.2 Å². The number of non-ortho nitro benzene ring substituents is 1. The zero-order valence-corrected chi connectivity index (χ0v) is 9.26. The second-order valence-corrected chi connectivity index (χ2v) is 3.68. The number of nitrogens with zero attached hydrogens (tertiary/aromatic N) is 3. The van der Waals surface area contributed by atoms with Crippen molar-refractivity contribution >= 4 is 17.3 Å². The summed E-state index contributed by atoms with van der Waals surface area (Å²) in [6.45, 7) is 0. The summed E-state index contributed by atoms with van der Waals surface area (Å²) in [5.41, 5.74) is 0.879. The summed E-state index contributed by atoms with van der Waals surface area (Å²) in [5, 5.41) is 19.7. The maximum atomic E-state index is 10.6. The molecule has 17 heavy (non-hydrogen) atoms. The van der Waals surface area contributed by atoms with Crippen molar-refractivity contribution in [2.45, 2.75) is 0 Å². The first-order chi connectivity index (χ1) is 8.13. The van der Waals surface area contributed by atoms with Gasteiger partial charge in [0.15, 0.2) is 0 Å². The lowest BCUT2D eigenvalue weighted by atomic mass is 10.2. The Morgan fingerprint density at radius 1 is 1.41 bits per heavy atom. The fourth-order valence-electron chi connectivity index (χ4n) is 1.49. The number of hydrogen-bond acceptors (Lipinski definition) is 3. The van der Waals surface area contributed by atoms with E-state index in [1.165, 1.54) is 18.2 Å². The fourth-order valence-corrected chi connectivity index (χ4v) is 1.75. The van der Waals surface area contributed by atoms with Crippen LogP contribution in [0.2, 0.25) is 5.02 Å². The van der Waals surface area contributed by atoms with Crippen LogP contribution in [-0.2, 0) is 0 Å². The summed E-state index contributed by atoms with van der Waals surface area (Å²) >= 11 is 5.96. The van der Waals surface area contributed by atoms with E-state index in [9.17, 15) is 10.1 Å². The molecule has 0 saturated carbocycles. The molecule has 84 valence electrons. The molecule has 1 aromatic carbocycles. The maximum Gasteiger partial charge on any atom is 0.271 e. The number of rotatable bonds is 2. The van der Waals surface area contributed by atoms with E-state index in [0.29, 0.717) is 11.4 Å². The number of halogens is 1. The normalized spacial score (nSPS) is 9.88. The quantitative estimate of drug-likeness (QED) is 0.605. The van der Waals surface area contributed by atoms with Gasteiger partial charge in [-0.25, -0.2) is 0 Å². The second kappa shape index (κ2) is 4.28. The average molecular weight is 248 g/mol. The van der Waals surface area contributed by atoms with E-state index < -0.39 is 4.92 Å². The largest absolute Gasteiger partial charge is 0.307 e. The standard InChI is InChI=1S/C11H6ClN3O2/c12-10-6-8(15(16)17)3-4-11(10)14-5-1-2-9(14)7-13/h1-6H. The lowest BCUT2D eigenvalue weighted by Gasteiger charge is -2.06. The van der Waals surface area contributed by atoms with Gasteiger partial charge in [0.05, 0.1) is 15.6 Å². The molecule has 5 nitrogen and oxygen atoms in total. The minimum Gasteiger partial charge on any atom is -0.307 e. The second-order valence-electron chi connectivity index (χ2n) is 3.27. The van der Waals surface area contributed by atoms with E-state index in [2.05, 4.69) is 0 Å². The number of hydrogen-bond donors (Lipinski definition) is 0. The Morgan fingerprint density at radius 2 is 2.18 bits per heavy atom. The Balaban J connectivity index is 2.55. The van der Waals surface area contributed by atoms with Crippen LogP contribution < -0.4 is 0 Å². The molecular weight excluding hydrogens is 242 g/mol. The van der Waals surface area contributed by atoms with Gasteiger partial charge < -0.3 is 4.57 Å². The molecule has 0 aliphatic heterocycles. The summed E-state index contributed by atoms with van der Waals surface area (Å²) in [6.07, 6.45) is 1.67. The highest BCUT2D eigenvalue weighted by Crippen LogP contribution is 2.26. The third kappa shape index (κ3) is 1.98. The zero-order chi connectivity index (χ0) is 12.4. The predicted molar refractivity (Wildman–Crippen MR) is 62.1 cm³/mol. The molecule has 1 aromatic heterocycles. The van der Waals surface area contributed by atoms with Gasteiger partial charge in [-0.2, -0.15) is 5.26 Å². The van der Waals surface area contributed by atoms with Gasteiger partial charge in [0.2, 0.25) is 0 Å². The molecule has 0 atom stereocenters. The summed E-state index contributed by atoms with van der Waals surface area (Å²) in [7, 11) is 0. The van der Waals surface area contributed by atoms with Crippen LogP contribution in [0.3, 0.4) is 0 Å². The predicted octanol–water partition coefficient (Wildman–Crippen LogP) is 2.91. The van der Waals surface area contributed by atoms with Gasteiger partial charge in [-0.15, -0.1) is 0 Å². The Morgan fingerprint density at radius 3 is 2.76 bits per heavy atom. The first-order valence-corrected chi connectivity index (χ1v) is 5.03. The third-order valence-electron chi connectivity index (χ3n) is 2.26.